The maximum Gasteiger partial charge on any atom is 0.224 e. The maximum atomic E-state index is 13.0. The van der Waals surface area contributed by atoms with E-state index in [0.717, 1.165) is 33.9 Å². The minimum Gasteiger partial charge on any atom is -0.340 e. The number of fused-ring (bicyclic) bond motifs is 1. The second kappa shape index (κ2) is 7.52. The number of halogens is 1. The zero-order valence-electron chi connectivity index (χ0n) is 14.8. The Balaban J connectivity index is 1.43. The predicted molar refractivity (Wildman–Crippen MR) is 108 cm³/mol. The van der Waals surface area contributed by atoms with Crippen molar-refractivity contribution in [3.8, 4) is 0 Å². The first-order valence-electron chi connectivity index (χ1n) is 8.77. The molecule has 3 aromatic rings. The summed E-state index contributed by atoms with van der Waals surface area (Å²) in [5.41, 5.74) is 5.25. The second-order valence-corrected chi connectivity index (χ2v) is 7.54. The predicted octanol–water partition coefficient (Wildman–Crippen LogP) is 4.65. The quantitative estimate of drug-likeness (QED) is 0.675. The number of carbonyl (C=O) groups excluding carboxylic acids is 1. The van der Waals surface area contributed by atoms with Crippen LogP contribution in [0.15, 0.2) is 47.5 Å². The lowest BCUT2D eigenvalue weighted by Gasteiger charge is -2.12. The molecule has 1 aliphatic heterocycles. The molecule has 2 unspecified atom stereocenters. The van der Waals surface area contributed by atoms with E-state index < -0.39 is 0 Å². The molecule has 1 amide bonds. The highest BCUT2D eigenvalue weighted by Gasteiger charge is 2.18. The van der Waals surface area contributed by atoms with Crippen LogP contribution in [-0.4, -0.2) is 27.2 Å². The molecule has 0 radical (unpaired) electrons. The molecular formula is C20H19FN4OS. The van der Waals surface area contributed by atoms with E-state index in [1.165, 1.54) is 12.1 Å². The van der Waals surface area contributed by atoms with E-state index in [1.807, 2.05) is 30.7 Å². The van der Waals surface area contributed by atoms with Gasteiger partial charge in [0, 0.05) is 17.9 Å². The summed E-state index contributed by atoms with van der Waals surface area (Å²) >= 11 is 1.67. The molecule has 4 rings (SSSR count). The lowest BCUT2D eigenvalue weighted by Crippen LogP contribution is -2.14. The highest BCUT2D eigenvalue weighted by molar-refractivity contribution is 8.12. The molecule has 0 saturated heterocycles. The fraction of sp³-hybridized carbons (Fsp3) is 0.250. The van der Waals surface area contributed by atoms with E-state index in [-0.39, 0.29) is 23.7 Å². The van der Waals surface area contributed by atoms with Crippen LogP contribution >= 0.6 is 11.8 Å². The van der Waals surface area contributed by atoms with Gasteiger partial charge >= 0.3 is 0 Å². The molecule has 2 heterocycles. The van der Waals surface area contributed by atoms with Crippen molar-refractivity contribution >= 4 is 39.9 Å². The molecule has 138 valence electrons. The highest BCUT2D eigenvalue weighted by Crippen LogP contribution is 2.27. The highest BCUT2D eigenvalue weighted by atomic mass is 32.2. The number of imidazole rings is 1. The van der Waals surface area contributed by atoms with E-state index >= 15 is 0 Å². The van der Waals surface area contributed by atoms with Crippen molar-refractivity contribution in [1.82, 2.24) is 9.97 Å². The van der Waals surface area contributed by atoms with E-state index in [2.05, 4.69) is 20.3 Å². The summed E-state index contributed by atoms with van der Waals surface area (Å²) in [5, 5.41) is 2.93. The van der Waals surface area contributed by atoms with E-state index in [4.69, 9.17) is 0 Å². The number of aromatic nitrogens is 2. The van der Waals surface area contributed by atoms with Crippen molar-refractivity contribution in [3.63, 3.8) is 0 Å². The van der Waals surface area contributed by atoms with Gasteiger partial charge in [-0.25, -0.2) is 9.37 Å². The molecular weight excluding hydrogens is 363 g/mol. The lowest BCUT2D eigenvalue weighted by atomic mass is 9.97. The number of hydrogen-bond acceptors (Lipinski definition) is 4. The molecule has 2 atom stereocenters. The minimum atomic E-state index is -0.274. The van der Waals surface area contributed by atoms with Gasteiger partial charge in [-0.2, -0.15) is 0 Å². The van der Waals surface area contributed by atoms with E-state index in [1.54, 1.807) is 23.9 Å². The van der Waals surface area contributed by atoms with Gasteiger partial charge in [-0.05, 0) is 41.8 Å². The van der Waals surface area contributed by atoms with Crippen molar-refractivity contribution in [2.24, 2.45) is 4.99 Å². The number of H-pyrrole nitrogens is 1. The Bertz CT molecular complexity index is 999. The van der Waals surface area contributed by atoms with Crippen LogP contribution in [0.2, 0.25) is 0 Å². The second-order valence-electron chi connectivity index (χ2n) is 6.66. The zero-order valence-corrected chi connectivity index (χ0v) is 15.6. The molecule has 2 N–H and O–H groups in total. The van der Waals surface area contributed by atoms with E-state index in [0.29, 0.717) is 6.42 Å². The van der Waals surface area contributed by atoms with Gasteiger partial charge in [0.25, 0.3) is 0 Å². The monoisotopic (exact) mass is 382 g/mol. The molecule has 0 saturated carbocycles. The Labute approximate surface area is 160 Å². The van der Waals surface area contributed by atoms with Gasteiger partial charge in [0.1, 0.15) is 17.7 Å². The first-order valence-corrected chi connectivity index (χ1v) is 9.81. The van der Waals surface area contributed by atoms with E-state index in [9.17, 15) is 9.18 Å². The molecule has 0 bridgehead atoms. The summed E-state index contributed by atoms with van der Waals surface area (Å²) in [6, 6.07) is 12.0. The van der Waals surface area contributed by atoms with Crippen molar-refractivity contribution < 1.29 is 9.18 Å². The lowest BCUT2D eigenvalue weighted by molar-refractivity contribution is -0.116. The third kappa shape index (κ3) is 4.03. The van der Waals surface area contributed by atoms with Gasteiger partial charge in [0.2, 0.25) is 5.91 Å². The van der Waals surface area contributed by atoms with Crippen molar-refractivity contribution in [1.29, 1.82) is 0 Å². The summed E-state index contributed by atoms with van der Waals surface area (Å²) in [7, 11) is 0. The summed E-state index contributed by atoms with van der Waals surface area (Å²) in [6.07, 6.45) is 0.325. The maximum absolute atomic E-state index is 13.0. The molecule has 2 aromatic carbocycles. The normalized spacial score (nSPS) is 17.3. The molecule has 0 aliphatic carbocycles. The number of nitrogens with zero attached hydrogens (tertiary/aromatic N) is 2. The summed E-state index contributed by atoms with van der Waals surface area (Å²) in [4.78, 5) is 24.7. The molecule has 1 aromatic heterocycles. The van der Waals surface area contributed by atoms with Crippen molar-refractivity contribution in [2.45, 2.75) is 25.3 Å². The van der Waals surface area contributed by atoms with Gasteiger partial charge in [0.15, 0.2) is 0 Å². The summed E-state index contributed by atoms with van der Waals surface area (Å²) in [6.45, 7) is 1.96. The number of aliphatic imine (C=N–C) groups is 1. The van der Waals surface area contributed by atoms with Crippen LogP contribution in [0.1, 0.15) is 36.7 Å². The number of aromatic amines is 1. The van der Waals surface area contributed by atoms with Crippen LogP contribution in [-0.2, 0) is 4.79 Å². The smallest absolute Gasteiger partial charge is 0.224 e. The largest absolute Gasteiger partial charge is 0.340 e. The average molecular weight is 382 g/mol. The number of anilines is 1. The van der Waals surface area contributed by atoms with Crippen molar-refractivity contribution in [2.75, 3.05) is 11.1 Å². The Kier molecular flexibility index (Phi) is 4.94. The van der Waals surface area contributed by atoms with Crippen molar-refractivity contribution in [3.05, 3.63) is 59.7 Å². The molecule has 0 fully saturated rings. The van der Waals surface area contributed by atoms with Crippen LogP contribution < -0.4 is 5.32 Å². The molecule has 1 aliphatic rings. The Hall–Kier alpha value is -2.67. The third-order valence-electron chi connectivity index (χ3n) is 4.60. The number of benzene rings is 2. The number of thioether (sulfide) groups is 1. The fourth-order valence-corrected chi connectivity index (χ4v) is 3.85. The fourth-order valence-electron chi connectivity index (χ4n) is 3.11. The Morgan fingerprint density at radius 1 is 1.33 bits per heavy atom. The number of hydrogen-bond donors (Lipinski definition) is 2. The van der Waals surface area contributed by atoms with Crippen LogP contribution in [0.4, 0.5) is 10.1 Å². The van der Waals surface area contributed by atoms with Crippen LogP contribution in [0.3, 0.4) is 0 Å². The van der Waals surface area contributed by atoms with Crippen LogP contribution in [0.5, 0.6) is 0 Å². The number of amides is 1. The zero-order chi connectivity index (χ0) is 18.8. The third-order valence-corrected chi connectivity index (χ3v) is 5.38. The van der Waals surface area contributed by atoms with Gasteiger partial charge in [-0.1, -0.05) is 19.1 Å². The number of carbonyl (C=O) groups is 1. The van der Waals surface area contributed by atoms with Gasteiger partial charge in [-0.15, -0.1) is 11.8 Å². The van der Waals surface area contributed by atoms with Gasteiger partial charge in [0.05, 0.1) is 16.6 Å². The standard InChI is InChI=1S/C20H19FN4OS/c1-12(13-2-4-14(21)5-3-13)8-19(26)23-15-6-7-16-17(9-15)25-20(24-16)18-10-27-11-22-18/h2-7,9,11-12,18H,8,10H2,1H3,(H,23,26)(H,24,25). The number of nitrogens with one attached hydrogen (secondary N) is 2. The number of rotatable bonds is 5. The first kappa shape index (κ1) is 17.7. The van der Waals surface area contributed by atoms with Gasteiger partial charge < -0.3 is 10.3 Å². The molecule has 5 nitrogen and oxygen atoms in total. The Morgan fingerprint density at radius 2 is 2.15 bits per heavy atom. The topological polar surface area (TPSA) is 70.1 Å². The van der Waals surface area contributed by atoms with Crippen LogP contribution in [0, 0.1) is 5.82 Å². The average Bonchev–Trinajstić information content (AvgIpc) is 3.31. The Morgan fingerprint density at radius 3 is 2.89 bits per heavy atom. The summed E-state index contributed by atoms with van der Waals surface area (Å²) in [5.74, 6) is 1.39. The molecule has 27 heavy (non-hydrogen) atoms. The molecule has 0 spiro atoms. The first-order chi connectivity index (χ1) is 13.1. The van der Waals surface area contributed by atoms with Gasteiger partial charge in [-0.3, -0.25) is 9.79 Å². The SMILES string of the molecule is CC(CC(=O)Nc1ccc2nc(C3CSC=N3)[nH]c2c1)c1ccc(F)cc1. The molecule has 7 heteroatoms. The summed E-state index contributed by atoms with van der Waals surface area (Å²) < 4.78 is 13.0. The minimum absolute atomic E-state index is 0.00539. The van der Waals surface area contributed by atoms with Crippen LogP contribution in [0.25, 0.3) is 11.0 Å².